The number of benzene rings is 1. The number of pyridine rings is 1. The van der Waals surface area contributed by atoms with E-state index in [0.717, 1.165) is 35.6 Å². The Morgan fingerprint density at radius 1 is 1.12 bits per heavy atom. The summed E-state index contributed by atoms with van der Waals surface area (Å²) in [6, 6.07) is 8.37. The van der Waals surface area contributed by atoms with E-state index in [-0.39, 0.29) is 0 Å². The predicted molar refractivity (Wildman–Crippen MR) is 94.7 cm³/mol. The van der Waals surface area contributed by atoms with Crippen molar-refractivity contribution in [2.75, 3.05) is 12.4 Å². The molecule has 0 radical (unpaired) electrons. The van der Waals surface area contributed by atoms with Crippen molar-refractivity contribution >= 4 is 17.4 Å². The van der Waals surface area contributed by atoms with Crippen LogP contribution in [0.2, 0.25) is 0 Å². The summed E-state index contributed by atoms with van der Waals surface area (Å²) in [5.74, 6) is 1.53. The largest absolute Gasteiger partial charge is 0.493 e. The molecule has 0 aliphatic rings. The number of ether oxygens (including phenoxy) is 1. The third-order valence-corrected chi connectivity index (χ3v) is 4.85. The van der Waals surface area contributed by atoms with E-state index in [2.05, 4.69) is 10.2 Å². The normalized spacial score (nSPS) is 11.9. The van der Waals surface area contributed by atoms with Gasteiger partial charge in [-0.2, -0.15) is 13.2 Å². The summed E-state index contributed by atoms with van der Waals surface area (Å²) in [4.78, 5) is 0. The zero-order valence-corrected chi connectivity index (χ0v) is 15.2. The average molecular weight is 381 g/mol. The van der Waals surface area contributed by atoms with Crippen molar-refractivity contribution in [1.29, 1.82) is 0 Å². The van der Waals surface area contributed by atoms with E-state index in [1.807, 2.05) is 32.0 Å². The number of nitrogens with zero attached hydrogens (tertiary/aromatic N) is 3. The van der Waals surface area contributed by atoms with Gasteiger partial charge >= 0.3 is 6.18 Å². The van der Waals surface area contributed by atoms with E-state index in [9.17, 15) is 13.2 Å². The van der Waals surface area contributed by atoms with Crippen LogP contribution in [0, 0.1) is 13.8 Å². The van der Waals surface area contributed by atoms with Gasteiger partial charge in [0.05, 0.1) is 12.2 Å². The molecule has 0 bridgehead atoms. The predicted octanol–water partition coefficient (Wildman–Crippen LogP) is 4.93. The number of fused-ring (bicyclic) bond motifs is 1. The van der Waals surface area contributed by atoms with Crippen molar-refractivity contribution in [3.8, 4) is 5.75 Å². The first-order valence-electron chi connectivity index (χ1n) is 8.09. The van der Waals surface area contributed by atoms with E-state index in [4.69, 9.17) is 4.74 Å². The van der Waals surface area contributed by atoms with Crippen LogP contribution >= 0.6 is 11.8 Å². The summed E-state index contributed by atoms with van der Waals surface area (Å²) in [7, 11) is 0. The molecular formula is C18H18F3N3OS. The van der Waals surface area contributed by atoms with E-state index in [1.165, 1.54) is 22.2 Å². The lowest BCUT2D eigenvalue weighted by Gasteiger charge is -2.10. The molecule has 26 heavy (non-hydrogen) atoms. The zero-order valence-electron chi connectivity index (χ0n) is 14.4. The van der Waals surface area contributed by atoms with Gasteiger partial charge in [0.2, 0.25) is 0 Å². The van der Waals surface area contributed by atoms with Gasteiger partial charge in [0.25, 0.3) is 0 Å². The second-order valence-corrected chi connectivity index (χ2v) is 7.01. The molecule has 3 aromatic rings. The van der Waals surface area contributed by atoms with E-state index < -0.39 is 11.7 Å². The lowest BCUT2D eigenvalue weighted by atomic mass is 10.1. The molecule has 2 aromatic heterocycles. The highest BCUT2D eigenvalue weighted by atomic mass is 32.2. The highest BCUT2D eigenvalue weighted by molar-refractivity contribution is 7.99. The molecule has 1 aromatic carbocycles. The lowest BCUT2D eigenvalue weighted by molar-refractivity contribution is -0.137. The SMILES string of the molecule is Cc1ccc(C)c(OCCCSc2nnc3ccc(C(F)(F)F)cn23)c1. The van der Waals surface area contributed by atoms with Crippen molar-refractivity contribution in [3.05, 3.63) is 53.2 Å². The van der Waals surface area contributed by atoms with Gasteiger partial charge in [0.15, 0.2) is 10.8 Å². The molecule has 2 heterocycles. The first kappa shape index (κ1) is 18.6. The zero-order chi connectivity index (χ0) is 18.7. The molecular weight excluding hydrogens is 363 g/mol. The molecule has 0 aliphatic heterocycles. The van der Waals surface area contributed by atoms with Crippen molar-refractivity contribution in [3.63, 3.8) is 0 Å². The Bertz CT molecular complexity index is 908. The van der Waals surface area contributed by atoms with Crippen molar-refractivity contribution < 1.29 is 17.9 Å². The summed E-state index contributed by atoms with van der Waals surface area (Å²) in [5.41, 5.74) is 1.89. The molecule has 0 unspecified atom stereocenters. The van der Waals surface area contributed by atoms with Crippen molar-refractivity contribution in [1.82, 2.24) is 14.6 Å². The lowest BCUT2D eigenvalue weighted by Crippen LogP contribution is -2.06. The van der Waals surface area contributed by atoms with Gasteiger partial charge < -0.3 is 4.74 Å². The number of aromatic nitrogens is 3. The van der Waals surface area contributed by atoms with Crippen LogP contribution in [0.1, 0.15) is 23.1 Å². The van der Waals surface area contributed by atoms with E-state index in [1.54, 1.807) is 0 Å². The minimum absolute atomic E-state index is 0.395. The Kier molecular flexibility index (Phi) is 5.41. The van der Waals surface area contributed by atoms with Gasteiger partial charge in [-0.3, -0.25) is 4.40 Å². The smallest absolute Gasteiger partial charge is 0.417 e. The molecule has 0 N–H and O–H groups in total. The highest BCUT2D eigenvalue weighted by Gasteiger charge is 2.31. The van der Waals surface area contributed by atoms with Gasteiger partial charge in [0, 0.05) is 11.9 Å². The summed E-state index contributed by atoms with van der Waals surface area (Å²) in [6.45, 7) is 4.53. The van der Waals surface area contributed by atoms with Gasteiger partial charge in [-0.05, 0) is 49.6 Å². The first-order chi connectivity index (χ1) is 12.3. The quantitative estimate of drug-likeness (QED) is 0.449. The summed E-state index contributed by atoms with van der Waals surface area (Å²) in [6.07, 6.45) is -2.61. The van der Waals surface area contributed by atoms with Crippen LogP contribution in [0.5, 0.6) is 5.75 Å². The Labute approximate surface area is 153 Å². The first-order valence-corrected chi connectivity index (χ1v) is 9.08. The molecule has 8 heteroatoms. The molecule has 0 aliphatic carbocycles. The Morgan fingerprint density at radius 3 is 2.69 bits per heavy atom. The topological polar surface area (TPSA) is 39.4 Å². The number of halogens is 3. The average Bonchev–Trinajstić information content (AvgIpc) is 2.99. The number of rotatable bonds is 6. The third kappa shape index (κ3) is 4.30. The number of alkyl halides is 3. The number of hydrogen-bond donors (Lipinski definition) is 0. The Hall–Kier alpha value is -2.22. The summed E-state index contributed by atoms with van der Waals surface area (Å²) in [5, 5.41) is 8.31. The molecule has 0 saturated heterocycles. The van der Waals surface area contributed by atoms with Crippen LogP contribution in [0.15, 0.2) is 41.7 Å². The minimum Gasteiger partial charge on any atom is -0.493 e. The van der Waals surface area contributed by atoms with Crippen molar-refractivity contribution in [2.24, 2.45) is 0 Å². The molecule has 138 valence electrons. The fourth-order valence-electron chi connectivity index (χ4n) is 2.40. The molecule has 3 rings (SSSR count). The van der Waals surface area contributed by atoms with Crippen molar-refractivity contribution in [2.45, 2.75) is 31.6 Å². The molecule has 0 saturated carbocycles. The van der Waals surface area contributed by atoms with Gasteiger partial charge in [-0.25, -0.2) is 0 Å². The molecule has 0 atom stereocenters. The second kappa shape index (κ2) is 7.57. The number of hydrogen-bond acceptors (Lipinski definition) is 4. The van der Waals surface area contributed by atoms with Crippen LogP contribution in [0.4, 0.5) is 13.2 Å². The molecule has 0 spiro atoms. The van der Waals surface area contributed by atoms with Crippen LogP contribution in [-0.2, 0) is 6.18 Å². The number of aryl methyl sites for hydroxylation is 2. The molecule has 4 nitrogen and oxygen atoms in total. The standard InChI is InChI=1S/C18H18F3N3OS/c1-12-4-5-13(2)15(10-12)25-8-3-9-26-17-23-22-16-7-6-14(11-24(16)17)18(19,20)21/h4-7,10-11H,3,8-9H2,1-2H3. The van der Waals surface area contributed by atoms with Crippen LogP contribution in [-0.4, -0.2) is 27.0 Å². The van der Waals surface area contributed by atoms with Crippen LogP contribution in [0.3, 0.4) is 0 Å². The minimum atomic E-state index is -4.39. The molecule has 0 fully saturated rings. The molecule has 0 amide bonds. The fraction of sp³-hybridized carbons (Fsp3) is 0.333. The maximum absolute atomic E-state index is 12.9. The van der Waals surface area contributed by atoms with E-state index in [0.29, 0.717) is 23.2 Å². The van der Waals surface area contributed by atoms with Gasteiger partial charge in [0.1, 0.15) is 5.75 Å². The maximum Gasteiger partial charge on any atom is 0.417 e. The Balaban J connectivity index is 1.57. The van der Waals surface area contributed by atoms with Gasteiger partial charge in [-0.15, -0.1) is 10.2 Å². The highest BCUT2D eigenvalue weighted by Crippen LogP contribution is 2.30. The summed E-state index contributed by atoms with van der Waals surface area (Å²) >= 11 is 1.36. The van der Waals surface area contributed by atoms with Crippen LogP contribution < -0.4 is 4.74 Å². The third-order valence-electron chi connectivity index (χ3n) is 3.82. The maximum atomic E-state index is 12.9. The Morgan fingerprint density at radius 2 is 1.92 bits per heavy atom. The summed E-state index contributed by atoms with van der Waals surface area (Å²) < 4.78 is 45.7. The van der Waals surface area contributed by atoms with E-state index >= 15 is 0 Å². The second-order valence-electron chi connectivity index (χ2n) is 5.95. The fourth-order valence-corrected chi connectivity index (χ4v) is 3.23. The van der Waals surface area contributed by atoms with Gasteiger partial charge in [-0.1, -0.05) is 23.9 Å². The monoisotopic (exact) mass is 381 g/mol. The van der Waals surface area contributed by atoms with Crippen LogP contribution in [0.25, 0.3) is 5.65 Å². The number of thioether (sulfide) groups is 1.